The maximum absolute atomic E-state index is 13.4. The molecule has 0 bridgehead atoms. The van der Waals surface area contributed by atoms with E-state index in [1.807, 2.05) is 0 Å². The van der Waals surface area contributed by atoms with Crippen LogP contribution in [0.2, 0.25) is 5.02 Å². The Hall–Kier alpha value is -2.70. The number of benzene rings is 2. The van der Waals surface area contributed by atoms with Gasteiger partial charge in [0.25, 0.3) is 12.2 Å². The van der Waals surface area contributed by atoms with Gasteiger partial charge in [0.1, 0.15) is 11.6 Å². The molecule has 1 amide bonds. The van der Waals surface area contributed by atoms with Crippen LogP contribution in [0.1, 0.15) is 19.3 Å². The highest BCUT2D eigenvalue weighted by Crippen LogP contribution is 2.34. The first-order valence-electron chi connectivity index (χ1n) is 9.50. The Kier molecular flexibility index (Phi) is 5.65. The number of hydrogen-bond acceptors (Lipinski definition) is 4. The second-order valence-corrected chi connectivity index (χ2v) is 7.42. The molecule has 2 heterocycles. The van der Waals surface area contributed by atoms with E-state index >= 15 is 0 Å². The summed E-state index contributed by atoms with van der Waals surface area (Å²) in [7, 11) is 0. The minimum atomic E-state index is -1.56. The van der Waals surface area contributed by atoms with E-state index in [0.29, 0.717) is 34.9 Å². The van der Waals surface area contributed by atoms with Gasteiger partial charge in [-0.25, -0.2) is 4.39 Å². The van der Waals surface area contributed by atoms with Gasteiger partial charge in [-0.2, -0.15) is 0 Å². The summed E-state index contributed by atoms with van der Waals surface area (Å²) < 4.78 is 18.9. The molecule has 1 N–H and O–H groups in total. The van der Waals surface area contributed by atoms with Crippen LogP contribution >= 0.6 is 11.6 Å². The van der Waals surface area contributed by atoms with Gasteiger partial charge in [0, 0.05) is 36.3 Å². The summed E-state index contributed by atoms with van der Waals surface area (Å²) in [6, 6.07) is 11.1. The van der Waals surface area contributed by atoms with Gasteiger partial charge in [0.05, 0.1) is 10.5 Å². The van der Waals surface area contributed by atoms with Crippen molar-refractivity contribution >= 4 is 28.4 Å². The van der Waals surface area contributed by atoms with E-state index in [1.165, 1.54) is 12.1 Å². The Morgan fingerprint density at radius 1 is 1.10 bits per heavy atom. The fourth-order valence-corrected chi connectivity index (χ4v) is 3.86. The quantitative estimate of drug-likeness (QED) is 0.642. The largest absolute Gasteiger partial charge is 0.455 e. The van der Waals surface area contributed by atoms with Gasteiger partial charge in [-0.15, -0.1) is 0 Å². The van der Waals surface area contributed by atoms with Gasteiger partial charge in [0.15, 0.2) is 0 Å². The van der Waals surface area contributed by atoms with Crippen LogP contribution in [0.15, 0.2) is 48.7 Å². The smallest absolute Gasteiger partial charge is 0.291 e. The van der Waals surface area contributed by atoms with Crippen LogP contribution in [0.25, 0.3) is 22.0 Å². The lowest BCUT2D eigenvalue weighted by molar-refractivity contribution is -0.155. The van der Waals surface area contributed by atoms with Gasteiger partial charge in [0.2, 0.25) is 0 Å². The van der Waals surface area contributed by atoms with Crippen molar-refractivity contribution < 1.29 is 19.0 Å². The molecule has 1 unspecified atom stereocenters. The second-order valence-electron chi connectivity index (χ2n) is 7.02. The molecule has 1 saturated heterocycles. The number of aromatic nitrogens is 1. The molecular formula is C22H20ClFN2O3. The second kappa shape index (κ2) is 8.35. The third kappa shape index (κ3) is 4.18. The van der Waals surface area contributed by atoms with E-state index in [4.69, 9.17) is 16.3 Å². The van der Waals surface area contributed by atoms with Gasteiger partial charge < -0.3 is 14.7 Å². The van der Waals surface area contributed by atoms with E-state index in [-0.39, 0.29) is 0 Å². The Labute approximate surface area is 172 Å². The summed E-state index contributed by atoms with van der Waals surface area (Å²) in [5.74, 6) is -0.491. The third-order valence-electron chi connectivity index (χ3n) is 5.06. The number of aliphatic hydroxyl groups is 1. The lowest BCUT2D eigenvalue weighted by Gasteiger charge is -2.28. The number of nitrogens with zero attached hydrogens (tertiary/aromatic N) is 2. The number of carbonyl (C=O) groups excluding carboxylic acids is 1. The highest BCUT2D eigenvalue weighted by Gasteiger charge is 2.25. The first-order chi connectivity index (χ1) is 14.0. The molecule has 29 heavy (non-hydrogen) atoms. The number of hydrogen-bond donors (Lipinski definition) is 1. The lowest BCUT2D eigenvalue weighted by Crippen LogP contribution is -2.44. The fourth-order valence-electron chi connectivity index (χ4n) is 3.59. The number of rotatable bonds is 4. The number of ether oxygens (including phenoxy) is 1. The minimum Gasteiger partial charge on any atom is -0.455 e. The van der Waals surface area contributed by atoms with Crippen LogP contribution in [-0.2, 0) is 4.79 Å². The predicted octanol–water partition coefficient (Wildman–Crippen LogP) is 4.40. The number of halogens is 2. The fraction of sp³-hybridized carbons (Fsp3) is 0.273. The lowest BCUT2D eigenvalue weighted by atomic mass is 10.0. The van der Waals surface area contributed by atoms with E-state index in [2.05, 4.69) is 4.98 Å². The Morgan fingerprint density at radius 3 is 2.66 bits per heavy atom. The van der Waals surface area contributed by atoms with Crippen LogP contribution in [0, 0.1) is 5.82 Å². The Balaban J connectivity index is 1.59. The number of carbonyl (C=O) groups is 1. The SMILES string of the molecule is O=C(C(O)Oc1ccc2c(-c3ccc(F)cc3Cl)ccnc2c1)N1CCCCC1. The molecule has 2 aromatic carbocycles. The van der Waals surface area contributed by atoms with Crippen molar-refractivity contribution in [3.63, 3.8) is 0 Å². The van der Waals surface area contributed by atoms with Crippen LogP contribution in [0.3, 0.4) is 0 Å². The molecule has 1 fully saturated rings. The van der Waals surface area contributed by atoms with E-state index in [0.717, 1.165) is 30.2 Å². The number of likely N-dealkylation sites (tertiary alicyclic amines) is 1. The predicted molar refractivity (Wildman–Crippen MR) is 109 cm³/mol. The molecule has 150 valence electrons. The number of aliphatic hydroxyl groups excluding tert-OH is 1. The molecule has 0 saturated carbocycles. The summed E-state index contributed by atoms with van der Waals surface area (Å²) in [5.41, 5.74) is 2.10. The molecular weight excluding hydrogens is 395 g/mol. The summed E-state index contributed by atoms with van der Waals surface area (Å²) in [6.45, 7) is 1.28. The Morgan fingerprint density at radius 2 is 1.90 bits per heavy atom. The summed E-state index contributed by atoms with van der Waals surface area (Å²) >= 11 is 6.21. The minimum absolute atomic E-state index is 0.306. The highest BCUT2D eigenvalue weighted by molar-refractivity contribution is 6.33. The van der Waals surface area contributed by atoms with Crippen molar-refractivity contribution in [2.75, 3.05) is 13.1 Å². The molecule has 4 rings (SSSR count). The molecule has 0 spiro atoms. The summed E-state index contributed by atoms with van der Waals surface area (Å²) in [5, 5.41) is 11.3. The maximum atomic E-state index is 13.4. The zero-order valence-corrected chi connectivity index (χ0v) is 16.4. The third-order valence-corrected chi connectivity index (χ3v) is 5.37. The first-order valence-corrected chi connectivity index (χ1v) is 9.88. The average Bonchev–Trinajstić information content (AvgIpc) is 2.73. The normalized spacial score (nSPS) is 15.3. The summed E-state index contributed by atoms with van der Waals surface area (Å²) in [4.78, 5) is 18.3. The van der Waals surface area contributed by atoms with Gasteiger partial charge in [-0.3, -0.25) is 9.78 Å². The van der Waals surface area contributed by atoms with Crippen LogP contribution in [0.4, 0.5) is 4.39 Å². The van der Waals surface area contributed by atoms with Gasteiger partial charge in [-0.1, -0.05) is 11.6 Å². The zero-order chi connectivity index (χ0) is 20.4. The number of piperidine rings is 1. The number of amides is 1. The van der Waals surface area contributed by atoms with E-state index in [9.17, 15) is 14.3 Å². The molecule has 0 aliphatic carbocycles. The van der Waals surface area contributed by atoms with Crippen molar-refractivity contribution in [1.82, 2.24) is 9.88 Å². The van der Waals surface area contributed by atoms with Crippen molar-refractivity contribution in [1.29, 1.82) is 0 Å². The first kappa shape index (κ1) is 19.6. The van der Waals surface area contributed by atoms with Crippen molar-refractivity contribution in [3.05, 3.63) is 59.5 Å². The number of pyridine rings is 1. The van der Waals surface area contributed by atoms with Gasteiger partial charge in [-0.05, 0) is 61.2 Å². The molecule has 1 aliphatic heterocycles. The average molecular weight is 415 g/mol. The molecule has 7 heteroatoms. The zero-order valence-electron chi connectivity index (χ0n) is 15.6. The standard InChI is InChI=1S/C22H20ClFN2O3/c23-19-12-14(24)4-6-17(19)16-8-9-25-20-13-15(5-7-18(16)20)29-22(28)21(27)26-10-2-1-3-11-26/h4-9,12-13,22,28H,1-3,10-11H2. The van der Waals surface area contributed by atoms with Crippen molar-refractivity contribution in [2.45, 2.75) is 25.6 Å². The number of fused-ring (bicyclic) bond motifs is 1. The monoisotopic (exact) mass is 414 g/mol. The van der Waals surface area contributed by atoms with E-state index in [1.54, 1.807) is 41.4 Å². The van der Waals surface area contributed by atoms with Crippen molar-refractivity contribution in [3.8, 4) is 16.9 Å². The molecule has 3 aromatic rings. The van der Waals surface area contributed by atoms with Crippen molar-refractivity contribution in [2.24, 2.45) is 0 Å². The molecule has 0 radical (unpaired) electrons. The van der Waals surface area contributed by atoms with Gasteiger partial charge >= 0.3 is 0 Å². The molecule has 1 atom stereocenters. The topological polar surface area (TPSA) is 62.7 Å². The summed E-state index contributed by atoms with van der Waals surface area (Å²) in [6.07, 6.45) is 3.04. The Bertz CT molecular complexity index is 1050. The van der Waals surface area contributed by atoms with Crippen LogP contribution in [0.5, 0.6) is 5.75 Å². The molecule has 1 aliphatic rings. The van der Waals surface area contributed by atoms with Crippen LogP contribution in [-0.4, -0.2) is 40.3 Å². The van der Waals surface area contributed by atoms with Crippen LogP contribution < -0.4 is 4.74 Å². The maximum Gasteiger partial charge on any atom is 0.291 e. The highest BCUT2D eigenvalue weighted by atomic mass is 35.5. The molecule has 1 aromatic heterocycles. The molecule has 5 nitrogen and oxygen atoms in total. The van der Waals surface area contributed by atoms with E-state index < -0.39 is 18.0 Å².